The molecule has 1 aromatic heterocycles. The van der Waals surface area contributed by atoms with Crippen LogP contribution in [-0.2, 0) is 20.9 Å². The van der Waals surface area contributed by atoms with E-state index in [-0.39, 0.29) is 37.0 Å². The van der Waals surface area contributed by atoms with Gasteiger partial charge in [0.2, 0.25) is 11.8 Å². The summed E-state index contributed by atoms with van der Waals surface area (Å²) in [5, 5.41) is 13.3. The van der Waals surface area contributed by atoms with Gasteiger partial charge in [0.1, 0.15) is 5.71 Å². The highest BCUT2D eigenvalue weighted by Crippen LogP contribution is 2.22. The SMILES string of the molecule is Cc1cccc(N2N=C(C(=O)OCc3nnc(-c4ccccc4)o3)CCC2=O)c1. The zero-order valence-electron chi connectivity index (χ0n) is 15.7. The molecule has 0 saturated carbocycles. The second-order valence-electron chi connectivity index (χ2n) is 6.53. The Kier molecular flexibility index (Phi) is 5.15. The average Bonchev–Trinajstić information content (AvgIpc) is 3.22. The van der Waals surface area contributed by atoms with Gasteiger partial charge < -0.3 is 9.15 Å². The number of ether oxygens (including phenoxy) is 1. The fraction of sp³-hybridized carbons (Fsp3) is 0.190. The highest BCUT2D eigenvalue weighted by atomic mass is 16.5. The van der Waals surface area contributed by atoms with Crippen LogP contribution in [0.5, 0.6) is 0 Å². The fourth-order valence-electron chi connectivity index (χ4n) is 2.88. The summed E-state index contributed by atoms with van der Waals surface area (Å²) < 4.78 is 10.8. The average molecular weight is 390 g/mol. The molecule has 4 rings (SSSR count). The van der Waals surface area contributed by atoms with E-state index in [0.717, 1.165) is 11.1 Å². The Hall–Kier alpha value is -3.81. The molecule has 2 heterocycles. The van der Waals surface area contributed by atoms with Crippen molar-refractivity contribution in [3.05, 3.63) is 66.1 Å². The predicted molar refractivity (Wildman–Crippen MR) is 105 cm³/mol. The van der Waals surface area contributed by atoms with E-state index in [1.165, 1.54) is 5.01 Å². The van der Waals surface area contributed by atoms with Gasteiger partial charge in [0.15, 0.2) is 6.61 Å². The first-order valence-corrected chi connectivity index (χ1v) is 9.12. The number of esters is 1. The minimum atomic E-state index is -0.616. The van der Waals surface area contributed by atoms with E-state index in [9.17, 15) is 9.59 Å². The molecule has 2 aromatic carbocycles. The molecule has 146 valence electrons. The number of amides is 1. The molecule has 0 unspecified atom stereocenters. The molecule has 29 heavy (non-hydrogen) atoms. The second kappa shape index (κ2) is 8.05. The predicted octanol–water partition coefficient (Wildman–Crippen LogP) is 3.27. The maximum Gasteiger partial charge on any atom is 0.355 e. The zero-order chi connectivity index (χ0) is 20.2. The van der Waals surface area contributed by atoms with Gasteiger partial charge >= 0.3 is 5.97 Å². The summed E-state index contributed by atoms with van der Waals surface area (Å²) in [6.07, 6.45) is 0.402. The monoisotopic (exact) mass is 390 g/mol. The molecular formula is C21H18N4O4. The van der Waals surface area contributed by atoms with Crippen molar-refractivity contribution in [1.29, 1.82) is 0 Å². The van der Waals surface area contributed by atoms with Crippen molar-refractivity contribution >= 4 is 23.3 Å². The normalized spacial score (nSPS) is 13.9. The van der Waals surface area contributed by atoms with Crippen LogP contribution in [0.15, 0.2) is 64.1 Å². The Bertz CT molecular complexity index is 1080. The number of rotatable bonds is 5. The van der Waals surface area contributed by atoms with E-state index < -0.39 is 5.97 Å². The van der Waals surface area contributed by atoms with Crippen LogP contribution in [0.4, 0.5) is 5.69 Å². The second-order valence-corrected chi connectivity index (χ2v) is 6.53. The molecule has 8 nitrogen and oxygen atoms in total. The van der Waals surface area contributed by atoms with E-state index in [4.69, 9.17) is 9.15 Å². The van der Waals surface area contributed by atoms with Gasteiger partial charge in [-0.15, -0.1) is 10.2 Å². The molecule has 0 atom stereocenters. The first-order valence-electron chi connectivity index (χ1n) is 9.12. The standard InChI is InChI=1S/C21H18N4O4/c1-14-6-5-9-16(12-14)25-19(26)11-10-17(24-25)21(27)28-13-18-22-23-20(29-18)15-7-3-2-4-8-15/h2-9,12H,10-11,13H2,1H3. The lowest BCUT2D eigenvalue weighted by Crippen LogP contribution is -2.35. The van der Waals surface area contributed by atoms with Crippen molar-refractivity contribution in [2.45, 2.75) is 26.4 Å². The summed E-state index contributed by atoms with van der Waals surface area (Å²) in [6.45, 7) is 1.75. The summed E-state index contributed by atoms with van der Waals surface area (Å²) in [4.78, 5) is 24.6. The summed E-state index contributed by atoms with van der Waals surface area (Å²) in [6, 6.07) is 16.7. The quantitative estimate of drug-likeness (QED) is 0.620. The molecule has 1 amide bonds. The van der Waals surface area contributed by atoms with Crippen molar-refractivity contribution in [1.82, 2.24) is 10.2 Å². The van der Waals surface area contributed by atoms with Gasteiger partial charge in [-0.2, -0.15) is 5.10 Å². The molecule has 8 heteroatoms. The Morgan fingerprint density at radius 1 is 1.10 bits per heavy atom. The molecule has 3 aromatic rings. The summed E-state index contributed by atoms with van der Waals surface area (Å²) >= 11 is 0. The van der Waals surface area contributed by atoms with Crippen molar-refractivity contribution in [3.8, 4) is 11.5 Å². The molecule has 0 spiro atoms. The fourth-order valence-corrected chi connectivity index (χ4v) is 2.88. The molecule has 0 fully saturated rings. The third-order valence-electron chi connectivity index (χ3n) is 4.33. The van der Waals surface area contributed by atoms with Gasteiger partial charge in [-0.1, -0.05) is 30.3 Å². The van der Waals surface area contributed by atoms with Crippen LogP contribution in [0.25, 0.3) is 11.5 Å². The number of benzene rings is 2. The summed E-state index contributed by atoms with van der Waals surface area (Å²) in [7, 11) is 0. The van der Waals surface area contributed by atoms with E-state index in [0.29, 0.717) is 11.6 Å². The van der Waals surface area contributed by atoms with Gasteiger partial charge in [-0.25, -0.2) is 9.80 Å². The number of aromatic nitrogens is 2. The third kappa shape index (κ3) is 4.21. The van der Waals surface area contributed by atoms with Crippen molar-refractivity contribution in [2.75, 3.05) is 5.01 Å². The lowest BCUT2D eigenvalue weighted by molar-refractivity contribution is -0.137. The third-order valence-corrected chi connectivity index (χ3v) is 4.33. The maximum absolute atomic E-state index is 12.4. The van der Waals surface area contributed by atoms with Crippen LogP contribution < -0.4 is 5.01 Å². The van der Waals surface area contributed by atoms with Crippen LogP contribution in [0, 0.1) is 6.92 Å². The van der Waals surface area contributed by atoms with Crippen LogP contribution in [0.1, 0.15) is 24.3 Å². The number of anilines is 1. The molecule has 0 bridgehead atoms. The Morgan fingerprint density at radius 2 is 1.93 bits per heavy atom. The number of hydrazone groups is 1. The molecule has 0 aliphatic carbocycles. The van der Waals surface area contributed by atoms with Crippen molar-refractivity contribution < 1.29 is 18.7 Å². The number of hydrogen-bond donors (Lipinski definition) is 0. The lowest BCUT2D eigenvalue weighted by Gasteiger charge is -2.23. The van der Waals surface area contributed by atoms with Gasteiger partial charge in [-0.05, 0) is 36.8 Å². The van der Waals surface area contributed by atoms with Crippen LogP contribution in [0.3, 0.4) is 0 Å². The zero-order valence-corrected chi connectivity index (χ0v) is 15.7. The van der Waals surface area contributed by atoms with E-state index in [2.05, 4.69) is 15.3 Å². The number of aryl methyl sites for hydroxylation is 1. The highest BCUT2D eigenvalue weighted by Gasteiger charge is 2.27. The molecule has 0 saturated heterocycles. The Balaban J connectivity index is 1.44. The van der Waals surface area contributed by atoms with E-state index in [1.807, 2.05) is 55.5 Å². The van der Waals surface area contributed by atoms with Crippen molar-refractivity contribution in [3.63, 3.8) is 0 Å². The van der Waals surface area contributed by atoms with Crippen molar-refractivity contribution in [2.24, 2.45) is 5.10 Å². The molecule has 0 N–H and O–H groups in total. The van der Waals surface area contributed by atoms with Crippen LogP contribution >= 0.6 is 0 Å². The smallest absolute Gasteiger partial charge is 0.355 e. The Labute approximate surface area is 166 Å². The number of nitrogens with zero attached hydrogens (tertiary/aromatic N) is 4. The summed E-state index contributed by atoms with van der Waals surface area (Å²) in [5.41, 5.74) is 2.56. The van der Waals surface area contributed by atoms with Gasteiger partial charge in [0.05, 0.1) is 5.69 Å². The minimum absolute atomic E-state index is 0.170. The first-order chi connectivity index (χ1) is 14.1. The number of carbonyl (C=O) groups excluding carboxylic acids is 2. The molecule has 1 aliphatic heterocycles. The number of hydrogen-bond acceptors (Lipinski definition) is 7. The van der Waals surface area contributed by atoms with Crippen LogP contribution in [-0.4, -0.2) is 27.8 Å². The van der Waals surface area contributed by atoms with E-state index in [1.54, 1.807) is 6.07 Å². The molecule has 1 aliphatic rings. The molecule has 0 radical (unpaired) electrons. The topological polar surface area (TPSA) is 97.9 Å². The van der Waals surface area contributed by atoms with E-state index >= 15 is 0 Å². The highest BCUT2D eigenvalue weighted by molar-refractivity contribution is 6.37. The largest absolute Gasteiger partial charge is 0.451 e. The Morgan fingerprint density at radius 3 is 2.72 bits per heavy atom. The lowest BCUT2D eigenvalue weighted by atomic mass is 10.1. The molecular weight excluding hydrogens is 372 g/mol. The van der Waals surface area contributed by atoms with Gasteiger partial charge in [-0.3, -0.25) is 4.79 Å². The van der Waals surface area contributed by atoms with Gasteiger partial charge in [0.25, 0.3) is 5.89 Å². The minimum Gasteiger partial charge on any atom is -0.451 e. The van der Waals surface area contributed by atoms with Gasteiger partial charge in [0, 0.05) is 18.4 Å². The number of carbonyl (C=O) groups is 2. The summed E-state index contributed by atoms with van der Waals surface area (Å²) in [5.74, 6) is -0.255. The van der Waals surface area contributed by atoms with Crippen LogP contribution in [0.2, 0.25) is 0 Å². The first kappa shape index (κ1) is 18.5. The maximum atomic E-state index is 12.4.